The SMILES string of the molecule is Cc1n[nH]c(C)c1CCC(=O)N1CCCC1c1nc(-c2cccnc2)n[nH]1. The fraction of sp³-hybridized carbons (Fsp3) is 0.421. The maximum absolute atomic E-state index is 12.8. The van der Waals surface area contributed by atoms with Gasteiger partial charge in [-0.1, -0.05) is 0 Å². The third-order valence-electron chi connectivity index (χ3n) is 5.18. The predicted octanol–water partition coefficient (Wildman–Crippen LogP) is 2.50. The first-order valence-electron chi connectivity index (χ1n) is 9.26. The Balaban J connectivity index is 1.46. The molecule has 0 aliphatic carbocycles. The molecule has 0 saturated carbocycles. The Hall–Kier alpha value is -3.03. The molecular weight excluding hydrogens is 342 g/mol. The zero-order valence-corrected chi connectivity index (χ0v) is 15.6. The molecule has 4 rings (SSSR count). The Morgan fingerprint density at radius 3 is 2.93 bits per heavy atom. The van der Waals surface area contributed by atoms with Crippen LogP contribution in [0.25, 0.3) is 11.4 Å². The number of rotatable bonds is 5. The highest BCUT2D eigenvalue weighted by molar-refractivity contribution is 5.77. The van der Waals surface area contributed by atoms with Crippen LogP contribution in [0.2, 0.25) is 0 Å². The summed E-state index contributed by atoms with van der Waals surface area (Å²) in [6, 6.07) is 3.74. The van der Waals surface area contributed by atoms with E-state index in [-0.39, 0.29) is 11.9 Å². The van der Waals surface area contributed by atoms with Gasteiger partial charge in [-0.25, -0.2) is 4.98 Å². The summed E-state index contributed by atoms with van der Waals surface area (Å²) in [5, 5.41) is 14.5. The van der Waals surface area contributed by atoms with Crippen molar-refractivity contribution in [3.63, 3.8) is 0 Å². The average Bonchev–Trinajstić information content (AvgIpc) is 3.41. The molecule has 2 N–H and O–H groups in total. The summed E-state index contributed by atoms with van der Waals surface area (Å²) in [7, 11) is 0. The number of aromatic nitrogens is 6. The summed E-state index contributed by atoms with van der Waals surface area (Å²) in [5.41, 5.74) is 4.00. The molecule has 1 aliphatic rings. The number of pyridine rings is 1. The molecule has 27 heavy (non-hydrogen) atoms. The van der Waals surface area contributed by atoms with Crippen molar-refractivity contribution in [2.24, 2.45) is 0 Å². The maximum atomic E-state index is 12.8. The molecule has 3 aromatic rings. The van der Waals surface area contributed by atoms with Crippen LogP contribution in [0.1, 0.15) is 48.1 Å². The number of hydrogen-bond acceptors (Lipinski definition) is 5. The lowest BCUT2D eigenvalue weighted by Gasteiger charge is -2.23. The normalized spacial score (nSPS) is 16.8. The van der Waals surface area contributed by atoms with Crippen molar-refractivity contribution < 1.29 is 4.79 Å². The van der Waals surface area contributed by atoms with Gasteiger partial charge in [0.1, 0.15) is 5.82 Å². The summed E-state index contributed by atoms with van der Waals surface area (Å²) in [4.78, 5) is 23.5. The highest BCUT2D eigenvalue weighted by Gasteiger charge is 2.32. The summed E-state index contributed by atoms with van der Waals surface area (Å²) in [6.07, 6.45) is 6.51. The lowest BCUT2D eigenvalue weighted by molar-refractivity contribution is -0.132. The minimum Gasteiger partial charge on any atom is -0.332 e. The van der Waals surface area contributed by atoms with Gasteiger partial charge >= 0.3 is 0 Å². The van der Waals surface area contributed by atoms with Crippen molar-refractivity contribution in [2.45, 2.75) is 45.6 Å². The number of aryl methyl sites for hydroxylation is 2. The van der Waals surface area contributed by atoms with Crippen LogP contribution in [0.4, 0.5) is 0 Å². The molecule has 8 heteroatoms. The van der Waals surface area contributed by atoms with Gasteiger partial charge in [-0.15, -0.1) is 0 Å². The lowest BCUT2D eigenvalue weighted by Crippen LogP contribution is -2.31. The van der Waals surface area contributed by atoms with E-state index in [9.17, 15) is 4.79 Å². The van der Waals surface area contributed by atoms with E-state index in [1.165, 1.54) is 0 Å². The van der Waals surface area contributed by atoms with E-state index >= 15 is 0 Å². The highest BCUT2D eigenvalue weighted by Crippen LogP contribution is 2.31. The molecule has 0 aromatic carbocycles. The first-order chi connectivity index (χ1) is 13.1. The summed E-state index contributed by atoms with van der Waals surface area (Å²) in [6.45, 7) is 4.72. The average molecular weight is 365 g/mol. The van der Waals surface area contributed by atoms with E-state index in [4.69, 9.17) is 0 Å². The van der Waals surface area contributed by atoms with Crippen LogP contribution in [0.5, 0.6) is 0 Å². The van der Waals surface area contributed by atoms with Gasteiger partial charge in [0.2, 0.25) is 5.91 Å². The van der Waals surface area contributed by atoms with Gasteiger partial charge in [-0.05, 0) is 50.8 Å². The second kappa shape index (κ2) is 7.30. The zero-order valence-electron chi connectivity index (χ0n) is 15.6. The van der Waals surface area contributed by atoms with Gasteiger partial charge in [-0.2, -0.15) is 10.2 Å². The fourth-order valence-electron chi connectivity index (χ4n) is 3.71. The van der Waals surface area contributed by atoms with Crippen LogP contribution >= 0.6 is 0 Å². The number of carbonyl (C=O) groups excluding carboxylic acids is 1. The third-order valence-corrected chi connectivity index (χ3v) is 5.18. The number of aromatic amines is 2. The van der Waals surface area contributed by atoms with Crippen molar-refractivity contribution in [1.82, 2.24) is 35.3 Å². The van der Waals surface area contributed by atoms with Gasteiger partial charge in [0.25, 0.3) is 0 Å². The van der Waals surface area contributed by atoms with E-state index in [1.54, 1.807) is 12.4 Å². The molecule has 1 atom stereocenters. The first kappa shape index (κ1) is 17.4. The van der Waals surface area contributed by atoms with Crippen molar-refractivity contribution in [2.75, 3.05) is 6.54 Å². The van der Waals surface area contributed by atoms with E-state index in [0.29, 0.717) is 18.7 Å². The summed E-state index contributed by atoms with van der Waals surface area (Å²) in [5.74, 6) is 1.51. The van der Waals surface area contributed by atoms with Crippen LogP contribution in [-0.4, -0.2) is 47.7 Å². The zero-order chi connectivity index (χ0) is 18.8. The number of amides is 1. The number of nitrogens with one attached hydrogen (secondary N) is 2. The van der Waals surface area contributed by atoms with Gasteiger partial charge in [0.05, 0.1) is 11.7 Å². The molecule has 3 aromatic heterocycles. The van der Waals surface area contributed by atoms with Crippen LogP contribution in [0.15, 0.2) is 24.5 Å². The topological polar surface area (TPSA) is 103 Å². The molecule has 0 bridgehead atoms. The largest absolute Gasteiger partial charge is 0.332 e. The Kier molecular flexibility index (Phi) is 4.70. The minimum atomic E-state index is -0.0398. The Morgan fingerprint density at radius 2 is 2.19 bits per heavy atom. The highest BCUT2D eigenvalue weighted by atomic mass is 16.2. The molecule has 1 saturated heterocycles. The van der Waals surface area contributed by atoms with E-state index in [1.807, 2.05) is 30.9 Å². The van der Waals surface area contributed by atoms with Crippen molar-refractivity contribution in [3.8, 4) is 11.4 Å². The Labute approximate surface area is 157 Å². The Bertz CT molecular complexity index is 911. The van der Waals surface area contributed by atoms with E-state index in [0.717, 1.165) is 47.7 Å². The number of hydrogen-bond donors (Lipinski definition) is 2. The van der Waals surface area contributed by atoms with Crippen molar-refractivity contribution in [3.05, 3.63) is 47.3 Å². The quantitative estimate of drug-likeness (QED) is 0.723. The van der Waals surface area contributed by atoms with E-state index < -0.39 is 0 Å². The van der Waals surface area contributed by atoms with E-state index in [2.05, 4.69) is 30.4 Å². The minimum absolute atomic E-state index is 0.0398. The van der Waals surface area contributed by atoms with Crippen LogP contribution in [-0.2, 0) is 11.2 Å². The fourth-order valence-corrected chi connectivity index (χ4v) is 3.71. The van der Waals surface area contributed by atoms with Crippen LogP contribution in [0.3, 0.4) is 0 Å². The number of carbonyl (C=O) groups is 1. The molecule has 8 nitrogen and oxygen atoms in total. The number of nitrogens with zero attached hydrogens (tertiary/aromatic N) is 5. The Morgan fingerprint density at radius 1 is 1.30 bits per heavy atom. The lowest BCUT2D eigenvalue weighted by atomic mass is 10.1. The van der Waals surface area contributed by atoms with Crippen LogP contribution in [0, 0.1) is 13.8 Å². The van der Waals surface area contributed by atoms with Crippen molar-refractivity contribution in [1.29, 1.82) is 0 Å². The molecular formula is C19H23N7O. The van der Waals surface area contributed by atoms with Gasteiger partial charge in [0, 0.05) is 36.6 Å². The monoisotopic (exact) mass is 365 g/mol. The third kappa shape index (κ3) is 3.47. The van der Waals surface area contributed by atoms with Gasteiger partial charge in [0.15, 0.2) is 5.82 Å². The predicted molar refractivity (Wildman–Crippen MR) is 99.7 cm³/mol. The number of H-pyrrole nitrogens is 2. The standard InChI is InChI=1S/C19H23N7O/c1-12-15(13(2)23-22-12)7-8-17(27)26-10-4-6-16(26)19-21-18(24-25-19)14-5-3-9-20-11-14/h3,5,9,11,16H,4,6-8,10H2,1-2H3,(H,22,23)(H,21,24,25). The van der Waals surface area contributed by atoms with Gasteiger partial charge < -0.3 is 4.90 Å². The molecule has 1 amide bonds. The van der Waals surface area contributed by atoms with Gasteiger partial charge in [-0.3, -0.25) is 20.0 Å². The molecule has 0 radical (unpaired) electrons. The first-order valence-corrected chi connectivity index (χ1v) is 9.26. The molecule has 1 fully saturated rings. The maximum Gasteiger partial charge on any atom is 0.223 e. The molecule has 1 unspecified atom stereocenters. The molecule has 4 heterocycles. The second-order valence-corrected chi connectivity index (χ2v) is 6.94. The van der Waals surface area contributed by atoms with Crippen LogP contribution < -0.4 is 0 Å². The molecule has 1 aliphatic heterocycles. The second-order valence-electron chi connectivity index (χ2n) is 6.94. The molecule has 140 valence electrons. The van der Waals surface area contributed by atoms with Crippen molar-refractivity contribution >= 4 is 5.91 Å². The summed E-state index contributed by atoms with van der Waals surface area (Å²) >= 11 is 0. The number of likely N-dealkylation sites (tertiary alicyclic amines) is 1. The molecule has 0 spiro atoms. The summed E-state index contributed by atoms with van der Waals surface area (Å²) < 4.78 is 0. The smallest absolute Gasteiger partial charge is 0.223 e.